The van der Waals surface area contributed by atoms with Crippen molar-refractivity contribution in [3.63, 3.8) is 0 Å². The number of benzene rings is 1. The van der Waals surface area contributed by atoms with Crippen molar-refractivity contribution in [1.29, 1.82) is 0 Å². The minimum absolute atomic E-state index is 0.128. The molecule has 4 heteroatoms. The summed E-state index contributed by atoms with van der Waals surface area (Å²) in [6, 6.07) is 9.95. The van der Waals surface area contributed by atoms with E-state index in [1.54, 1.807) is 7.11 Å². The molecule has 0 radical (unpaired) electrons. The monoisotopic (exact) mass is 263 g/mol. The molecule has 1 N–H and O–H groups in total. The van der Waals surface area contributed by atoms with E-state index >= 15 is 0 Å². The smallest absolute Gasteiger partial charge is 0.316 e. The molecule has 1 heterocycles. The quantitative estimate of drug-likeness (QED) is 0.646. The Kier molecular flexibility index (Phi) is 4.93. The highest BCUT2D eigenvalue weighted by molar-refractivity contribution is 5.83. The van der Waals surface area contributed by atoms with Gasteiger partial charge in [0.2, 0.25) is 0 Å². The Morgan fingerprint density at radius 2 is 1.89 bits per heavy atom. The minimum atomic E-state index is -0.500. The van der Waals surface area contributed by atoms with Crippen molar-refractivity contribution < 1.29 is 14.3 Å². The van der Waals surface area contributed by atoms with Gasteiger partial charge in [0.1, 0.15) is 6.61 Å². The molecule has 1 fully saturated rings. The van der Waals surface area contributed by atoms with E-state index in [-0.39, 0.29) is 5.97 Å². The Labute approximate surface area is 114 Å². The second-order valence-electron chi connectivity index (χ2n) is 4.83. The molecule has 1 saturated heterocycles. The number of esters is 1. The number of carbonyl (C=O) groups excluding carboxylic acids is 1. The molecular weight excluding hydrogens is 242 g/mol. The Morgan fingerprint density at radius 1 is 1.21 bits per heavy atom. The molecule has 1 aromatic carbocycles. The van der Waals surface area contributed by atoms with Crippen LogP contribution in [0.2, 0.25) is 0 Å². The third-order valence-corrected chi connectivity index (χ3v) is 3.69. The Morgan fingerprint density at radius 3 is 2.53 bits per heavy atom. The maximum Gasteiger partial charge on any atom is 0.316 e. The summed E-state index contributed by atoms with van der Waals surface area (Å²) in [7, 11) is 1.60. The lowest BCUT2D eigenvalue weighted by atomic mass is 9.73. The zero-order valence-electron chi connectivity index (χ0n) is 11.4. The second kappa shape index (κ2) is 6.68. The number of hydrogen-bond acceptors (Lipinski definition) is 4. The topological polar surface area (TPSA) is 47.6 Å². The van der Waals surface area contributed by atoms with Gasteiger partial charge < -0.3 is 14.8 Å². The molecule has 0 amide bonds. The van der Waals surface area contributed by atoms with Crippen molar-refractivity contribution in [2.45, 2.75) is 18.3 Å². The summed E-state index contributed by atoms with van der Waals surface area (Å²) in [5.41, 5.74) is 0.555. The van der Waals surface area contributed by atoms with Gasteiger partial charge in [0.15, 0.2) is 0 Å². The first kappa shape index (κ1) is 14.0. The number of piperidine rings is 1. The number of methoxy groups -OCH3 is 1. The van der Waals surface area contributed by atoms with Gasteiger partial charge in [0, 0.05) is 7.11 Å². The third-order valence-electron chi connectivity index (χ3n) is 3.69. The molecule has 0 spiro atoms. The van der Waals surface area contributed by atoms with Crippen LogP contribution in [0.25, 0.3) is 0 Å². The molecule has 4 nitrogen and oxygen atoms in total. The Hall–Kier alpha value is -1.39. The SMILES string of the molecule is COCCOC(=O)C1(c2ccccc2)CCNCC1. The average Bonchev–Trinajstić information content (AvgIpc) is 2.49. The summed E-state index contributed by atoms with van der Waals surface area (Å²) in [5, 5.41) is 3.30. The van der Waals surface area contributed by atoms with Gasteiger partial charge >= 0.3 is 5.97 Å². The van der Waals surface area contributed by atoms with Crippen LogP contribution in [0.5, 0.6) is 0 Å². The van der Waals surface area contributed by atoms with Crippen LogP contribution in [-0.4, -0.2) is 39.4 Å². The third kappa shape index (κ3) is 3.14. The van der Waals surface area contributed by atoms with Crippen molar-refractivity contribution >= 4 is 5.97 Å². The first-order chi connectivity index (χ1) is 9.29. The van der Waals surface area contributed by atoms with Crippen molar-refractivity contribution in [3.05, 3.63) is 35.9 Å². The number of ether oxygens (including phenoxy) is 2. The van der Waals surface area contributed by atoms with Crippen LogP contribution < -0.4 is 5.32 Å². The first-order valence-corrected chi connectivity index (χ1v) is 6.72. The lowest BCUT2D eigenvalue weighted by Crippen LogP contribution is -2.46. The summed E-state index contributed by atoms with van der Waals surface area (Å²) in [6.45, 7) is 2.44. The zero-order valence-corrected chi connectivity index (χ0v) is 11.4. The van der Waals surface area contributed by atoms with Gasteiger partial charge in [-0.1, -0.05) is 30.3 Å². The van der Waals surface area contributed by atoms with Gasteiger partial charge in [-0.25, -0.2) is 0 Å². The van der Waals surface area contributed by atoms with Crippen molar-refractivity contribution in [1.82, 2.24) is 5.32 Å². The first-order valence-electron chi connectivity index (χ1n) is 6.72. The van der Waals surface area contributed by atoms with Gasteiger partial charge in [0.05, 0.1) is 12.0 Å². The molecule has 0 saturated carbocycles. The van der Waals surface area contributed by atoms with E-state index in [1.165, 1.54) is 0 Å². The molecule has 104 valence electrons. The second-order valence-corrected chi connectivity index (χ2v) is 4.83. The maximum atomic E-state index is 12.5. The molecule has 2 rings (SSSR count). The van der Waals surface area contributed by atoms with Crippen LogP contribution in [0, 0.1) is 0 Å². The lowest BCUT2D eigenvalue weighted by molar-refractivity contribution is -0.153. The molecule has 1 aliphatic heterocycles. The minimum Gasteiger partial charge on any atom is -0.463 e. The van der Waals surface area contributed by atoms with Crippen LogP contribution in [0.1, 0.15) is 18.4 Å². The Balaban J connectivity index is 2.17. The van der Waals surface area contributed by atoms with Crippen LogP contribution >= 0.6 is 0 Å². The normalized spacial score (nSPS) is 17.9. The summed E-state index contributed by atoms with van der Waals surface area (Å²) >= 11 is 0. The molecular formula is C15H21NO3. The predicted octanol–water partition coefficient (Wildman–Crippen LogP) is 1.50. The number of hydrogen-bond donors (Lipinski definition) is 1. The molecule has 1 aromatic rings. The largest absolute Gasteiger partial charge is 0.463 e. The van der Waals surface area contributed by atoms with Gasteiger partial charge in [-0.15, -0.1) is 0 Å². The maximum absolute atomic E-state index is 12.5. The van der Waals surface area contributed by atoms with Crippen LogP contribution in [0.15, 0.2) is 30.3 Å². The number of nitrogens with one attached hydrogen (secondary N) is 1. The Bertz CT molecular complexity index is 399. The average molecular weight is 263 g/mol. The van der Waals surface area contributed by atoms with Crippen molar-refractivity contribution in [2.75, 3.05) is 33.4 Å². The van der Waals surface area contributed by atoms with Crippen molar-refractivity contribution in [3.8, 4) is 0 Å². The lowest BCUT2D eigenvalue weighted by Gasteiger charge is -2.35. The highest BCUT2D eigenvalue weighted by Crippen LogP contribution is 2.34. The summed E-state index contributed by atoms with van der Waals surface area (Å²) < 4.78 is 10.3. The van der Waals surface area contributed by atoms with Gasteiger partial charge in [0.25, 0.3) is 0 Å². The number of rotatable bonds is 5. The van der Waals surface area contributed by atoms with E-state index in [9.17, 15) is 4.79 Å². The fraction of sp³-hybridized carbons (Fsp3) is 0.533. The van der Waals surface area contributed by atoms with Gasteiger partial charge in [-0.05, 0) is 31.5 Å². The van der Waals surface area contributed by atoms with E-state index in [4.69, 9.17) is 9.47 Å². The standard InChI is InChI=1S/C15H21NO3/c1-18-11-12-19-14(17)15(7-9-16-10-8-15)13-5-3-2-4-6-13/h2-6,16H,7-12H2,1H3. The fourth-order valence-electron chi connectivity index (χ4n) is 2.58. The predicted molar refractivity (Wildman–Crippen MR) is 73.1 cm³/mol. The van der Waals surface area contributed by atoms with E-state index in [2.05, 4.69) is 5.32 Å². The molecule has 1 aliphatic rings. The highest BCUT2D eigenvalue weighted by atomic mass is 16.6. The fourth-order valence-corrected chi connectivity index (χ4v) is 2.58. The van der Waals surface area contributed by atoms with E-state index in [1.807, 2.05) is 30.3 Å². The molecule has 0 atom stereocenters. The van der Waals surface area contributed by atoms with Crippen LogP contribution in [0.4, 0.5) is 0 Å². The van der Waals surface area contributed by atoms with Crippen LogP contribution in [-0.2, 0) is 19.7 Å². The van der Waals surface area contributed by atoms with E-state index in [0.717, 1.165) is 31.5 Å². The van der Waals surface area contributed by atoms with Gasteiger partial charge in [-0.2, -0.15) is 0 Å². The van der Waals surface area contributed by atoms with E-state index in [0.29, 0.717) is 13.2 Å². The molecule has 19 heavy (non-hydrogen) atoms. The van der Waals surface area contributed by atoms with Crippen molar-refractivity contribution in [2.24, 2.45) is 0 Å². The molecule has 0 aromatic heterocycles. The number of carbonyl (C=O) groups is 1. The highest BCUT2D eigenvalue weighted by Gasteiger charge is 2.42. The zero-order chi connectivity index (χ0) is 13.6. The van der Waals surface area contributed by atoms with Gasteiger partial charge in [-0.3, -0.25) is 4.79 Å². The van der Waals surface area contributed by atoms with Crippen LogP contribution in [0.3, 0.4) is 0 Å². The molecule has 0 bridgehead atoms. The molecule has 0 aliphatic carbocycles. The summed E-state index contributed by atoms with van der Waals surface area (Å²) in [4.78, 5) is 12.5. The molecule has 0 unspecified atom stereocenters. The summed E-state index contributed by atoms with van der Waals surface area (Å²) in [5.74, 6) is -0.128. The summed E-state index contributed by atoms with van der Waals surface area (Å²) in [6.07, 6.45) is 1.56. The van der Waals surface area contributed by atoms with E-state index < -0.39 is 5.41 Å².